The van der Waals surface area contributed by atoms with Crippen molar-refractivity contribution in [3.05, 3.63) is 24.5 Å². The molecule has 6 rings (SSSR count). The molecule has 0 radical (unpaired) electrons. The van der Waals surface area contributed by atoms with E-state index in [1.807, 2.05) is 11.0 Å². The summed E-state index contributed by atoms with van der Waals surface area (Å²) in [5.74, 6) is 2.08. The molecule has 0 spiro atoms. The number of piperazine rings is 1. The minimum Gasteiger partial charge on any atom is -0.461 e. The number of rotatable bonds is 4. The fraction of sp³-hybridized carbons (Fsp3) is 0.524. The summed E-state index contributed by atoms with van der Waals surface area (Å²) in [6, 6.07) is 5.72. The first-order chi connectivity index (χ1) is 15.7. The van der Waals surface area contributed by atoms with Gasteiger partial charge in [-0.15, -0.1) is 5.10 Å². The van der Waals surface area contributed by atoms with Crippen molar-refractivity contribution in [1.29, 1.82) is 0 Å². The monoisotopic (exact) mass is 438 g/mol. The second-order valence-corrected chi connectivity index (χ2v) is 8.56. The van der Waals surface area contributed by atoms with Gasteiger partial charge < -0.3 is 24.7 Å². The number of amides is 1. The van der Waals surface area contributed by atoms with E-state index >= 15 is 0 Å². The van der Waals surface area contributed by atoms with Crippen LogP contribution in [0.2, 0.25) is 0 Å². The summed E-state index contributed by atoms with van der Waals surface area (Å²) < 4.78 is 12.2. The van der Waals surface area contributed by atoms with Crippen LogP contribution in [0.5, 0.6) is 0 Å². The van der Waals surface area contributed by atoms with E-state index in [1.54, 1.807) is 18.4 Å². The van der Waals surface area contributed by atoms with E-state index in [9.17, 15) is 4.79 Å². The van der Waals surface area contributed by atoms with Crippen LogP contribution in [0, 0.1) is 0 Å². The molecule has 11 nitrogen and oxygen atoms in total. The number of carbonyl (C=O) groups excluding carboxylic acids is 1. The third-order valence-electron chi connectivity index (χ3n) is 6.67. The third kappa shape index (κ3) is 3.28. The molecule has 6 heterocycles. The summed E-state index contributed by atoms with van der Waals surface area (Å²) in [5, 5.41) is 4.40. The van der Waals surface area contributed by atoms with Gasteiger partial charge in [-0.25, -0.2) is 4.98 Å². The van der Waals surface area contributed by atoms with Crippen LogP contribution in [0.15, 0.2) is 28.9 Å². The predicted octanol–water partition coefficient (Wildman–Crippen LogP) is 0.478. The topological polar surface area (TPSA) is 118 Å². The third-order valence-corrected chi connectivity index (χ3v) is 6.67. The van der Waals surface area contributed by atoms with E-state index in [4.69, 9.17) is 14.9 Å². The minimum atomic E-state index is -0.226. The number of nitrogen functional groups attached to an aromatic ring is 1. The highest BCUT2D eigenvalue weighted by Crippen LogP contribution is 2.28. The fourth-order valence-electron chi connectivity index (χ4n) is 4.81. The highest BCUT2D eigenvalue weighted by molar-refractivity contribution is 5.86. The quantitative estimate of drug-likeness (QED) is 0.620. The smallest absolute Gasteiger partial charge is 0.245 e. The minimum absolute atomic E-state index is 0.171. The standard InChI is InChI=1S/C21H26N8O3/c22-21-24-17(11-18-23-19(25-29(18)21)16-4-2-10-32-16)28-5-1-3-15(28)20(30)27-8-6-26(7-9-27)14-12-31-13-14/h2,4,10-11,14-15H,1,3,5-9,12-13H2,(H2,22,24)/t15-/m0/s1. The van der Waals surface area contributed by atoms with E-state index in [2.05, 4.69) is 24.9 Å². The van der Waals surface area contributed by atoms with E-state index in [0.717, 1.165) is 58.8 Å². The average Bonchev–Trinajstić information content (AvgIpc) is 3.52. The first kappa shape index (κ1) is 19.5. The number of nitrogens with two attached hydrogens (primary N) is 1. The largest absolute Gasteiger partial charge is 0.461 e. The first-order valence-electron chi connectivity index (χ1n) is 11.1. The van der Waals surface area contributed by atoms with Crippen LogP contribution in [-0.2, 0) is 9.53 Å². The van der Waals surface area contributed by atoms with Gasteiger partial charge >= 0.3 is 0 Å². The van der Waals surface area contributed by atoms with Gasteiger partial charge in [0, 0.05) is 38.8 Å². The Kier molecular flexibility index (Phi) is 4.72. The zero-order valence-corrected chi connectivity index (χ0v) is 17.8. The maximum absolute atomic E-state index is 13.4. The Morgan fingerprint density at radius 3 is 2.69 bits per heavy atom. The Labute approximate surface area is 184 Å². The van der Waals surface area contributed by atoms with E-state index in [0.29, 0.717) is 29.1 Å². The lowest BCUT2D eigenvalue weighted by Gasteiger charge is -2.43. The van der Waals surface area contributed by atoms with Crippen LogP contribution in [0.1, 0.15) is 12.8 Å². The number of nitrogens with zero attached hydrogens (tertiary/aromatic N) is 7. The van der Waals surface area contributed by atoms with Crippen molar-refractivity contribution in [2.45, 2.75) is 24.9 Å². The highest BCUT2D eigenvalue weighted by Gasteiger charge is 2.37. The van der Waals surface area contributed by atoms with Crippen LogP contribution in [0.4, 0.5) is 11.8 Å². The summed E-state index contributed by atoms with van der Waals surface area (Å²) in [6.45, 7) is 5.69. The van der Waals surface area contributed by atoms with Gasteiger partial charge in [0.2, 0.25) is 17.7 Å². The Hall–Kier alpha value is -3.18. The lowest BCUT2D eigenvalue weighted by Crippen LogP contribution is -2.59. The normalized spacial score (nSPS) is 22.6. The SMILES string of the molecule is Nc1nc(N2CCC[C@H]2C(=O)N2CCN(C3COC3)CC2)cc2nc(-c3ccco3)nn12. The molecular formula is C21H26N8O3. The van der Waals surface area contributed by atoms with Gasteiger partial charge in [-0.1, -0.05) is 0 Å². The van der Waals surface area contributed by atoms with E-state index < -0.39 is 0 Å². The van der Waals surface area contributed by atoms with Gasteiger partial charge in [0.15, 0.2) is 11.4 Å². The fourth-order valence-corrected chi connectivity index (χ4v) is 4.81. The molecule has 1 amide bonds. The summed E-state index contributed by atoms with van der Waals surface area (Å²) >= 11 is 0. The molecule has 3 aromatic rings. The number of fused-ring (bicyclic) bond motifs is 1. The summed E-state index contributed by atoms with van der Waals surface area (Å²) in [6.07, 6.45) is 3.33. The van der Waals surface area contributed by atoms with Crippen molar-refractivity contribution in [2.75, 3.05) is 56.6 Å². The van der Waals surface area contributed by atoms with Crippen LogP contribution in [0.25, 0.3) is 17.2 Å². The molecule has 2 N–H and O–H groups in total. The van der Waals surface area contributed by atoms with Gasteiger partial charge in [0.1, 0.15) is 11.9 Å². The molecule has 3 aliphatic rings. The molecule has 0 unspecified atom stereocenters. The molecule has 32 heavy (non-hydrogen) atoms. The molecule has 0 bridgehead atoms. The first-order valence-corrected chi connectivity index (χ1v) is 11.1. The number of ether oxygens (including phenoxy) is 1. The number of hydrogen-bond donors (Lipinski definition) is 1. The van der Waals surface area contributed by atoms with E-state index in [1.165, 1.54) is 4.52 Å². The van der Waals surface area contributed by atoms with Crippen LogP contribution in [0.3, 0.4) is 0 Å². The molecule has 3 aliphatic heterocycles. The highest BCUT2D eigenvalue weighted by atomic mass is 16.5. The van der Waals surface area contributed by atoms with Gasteiger partial charge in [0.05, 0.1) is 25.5 Å². The zero-order valence-electron chi connectivity index (χ0n) is 17.8. The van der Waals surface area contributed by atoms with Crippen LogP contribution in [-0.4, -0.2) is 93.3 Å². The van der Waals surface area contributed by atoms with Crippen molar-refractivity contribution in [2.24, 2.45) is 0 Å². The second-order valence-electron chi connectivity index (χ2n) is 8.56. The molecule has 1 atom stereocenters. The number of carbonyl (C=O) groups is 1. The van der Waals surface area contributed by atoms with Gasteiger partial charge in [-0.2, -0.15) is 9.50 Å². The van der Waals surface area contributed by atoms with Crippen molar-refractivity contribution < 1.29 is 13.9 Å². The molecule has 11 heteroatoms. The maximum Gasteiger partial charge on any atom is 0.245 e. The molecule has 3 fully saturated rings. The maximum atomic E-state index is 13.4. The van der Waals surface area contributed by atoms with Crippen molar-refractivity contribution >= 4 is 23.3 Å². The summed E-state index contributed by atoms with van der Waals surface area (Å²) in [7, 11) is 0. The number of hydrogen-bond acceptors (Lipinski definition) is 9. The van der Waals surface area contributed by atoms with Crippen LogP contribution >= 0.6 is 0 Å². The molecule has 3 aromatic heterocycles. The van der Waals surface area contributed by atoms with Crippen molar-refractivity contribution in [3.8, 4) is 11.6 Å². The Morgan fingerprint density at radius 1 is 1.12 bits per heavy atom. The summed E-state index contributed by atoms with van der Waals surface area (Å²) in [4.78, 5) is 29.0. The number of anilines is 2. The van der Waals surface area contributed by atoms with Gasteiger partial charge in [-0.3, -0.25) is 9.69 Å². The van der Waals surface area contributed by atoms with Crippen molar-refractivity contribution in [3.63, 3.8) is 0 Å². The number of aromatic nitrogens is 4. The Balaban J connectivity index is 1.21. The lowest BCUT2D eigenvalue weighted by molar-refractivity contribution is -0.136. The number of furan rings is 1. The lowest BCUT2D eigenvalue weighted by atomic mass is 10.1. The Morgan fingerprint density at radius 2 is 1.97 bits per heavy atom. The van der Waals surface area contributed by atoms with Gasteiger partial charge in [-0.05, 0) is 25.0 Å². The van der Waals surface area contributed by atoms with Crippen LogP contribution < -0.4 is 10.6 Å². The molecule has 168 valence electrons. The average molecular weight is 438 g/mol. The zero-order chi connectivity index (χ0) is 21.7. The molecule has 0 aromatic carbocycles. The molecule has 0 aliphatic carbocycles. The van der Waals surface area contributed by atoms with Crippen molar-refractivity contribution in [1.82, 2.24) is 29.4 Å². The predicted molar refractivity (Wildman–Crippen MR) is 116 cm³/mol. The summed E-state index contributed by atoms with van der Waals surface area (Å²) in [5.41, 5.74) is 6.78. The van der Waals surface area contributed by atoms with E-state index in [-0.39, 0.29) is 17.9 Å². The molecule has 0 saturated carbocycles. The Bertz CT molecular complexity index is 1120. The molecular weight excluding hydrogens is 412 g/mol. The second kappa shape index (κ2) is 7.75. The van der Waals surface area contributed by atoms with Gasteiger partial charge in [0.25, 0.3) is 0 Å². The molecule has 3 saturated heterocycles.